The summed E-state index contributed by atoms with van der Waals surface area (Å²) in [6, 6.07) is 18.3. The summed E-state index contributed by atoms with van der Waals surface area (Å²) < 4.78 is 19.7. The van der Waals surface area contributed by atoms with Gasteiger partial charge in [-0.05, 0) is 42.9 Å². The van der Waals surface area contributed by atoms with Gasteiger partial charge in [-0.3, -0.25) is 4.79 Å². The Morgan fingerprint density at radius 3 is 2.55 bits per heavy atom. The number of carbonyl (C=O) groups is 1. The Kier molecular flexibility index (Phi) is 6.67. The summed E-state index contributed by atoms with van der Waals surface area (Å²) in [5, 5.41) is 3.03. The third-order valence-electron chi connectivity index (χ3n) is 5.71. The molecule has 1 aromatic heterocycles. The van der Waals surface area contributed by atoms with Gasteiger partial charge in [-0.15, -0.1) is 0 Å². The number of piperazine rings is 1. The van der Waals surface area contributed by atoms with E-state index in [9.17, 15) is 9.18 Å². The lowest BCUT2D eigenvalue weighted by Gasteiger charge is -2.35. The summed E-state index contributed by atoms with van der Waals surface area (Å²) in [5.41, 5.74) is 2.75. The van der Waals surface area contributed by atoms with Crippen LogP contribution in [0.2, 0.25) is 0 Å². The first-order valence-corrected chi connectivity index (χ1v) is 10.7. The Labute approximate surface area is 182 Å². The highest BCUT2D eigenvalue weighted by molar-refractivity contribution is 5.76. The van der Waals surface area contributed by atoms with Crippen LogP contribution in [0.5, 0.6) is 0 Å². The highest BCUT2D eigenvalue weighted by Gasteiger charge is 2.17. The molecule has 4 rings (SSSR count). The molecule has 0 bridgehead atoms. The Morgan fingerprint density at radius 2 is 1.74 bits per heavy atom. The van der Waals surface area contributed by atoms with Crippen LogP contribution in [-0.4, -0.2) is 44.0 Å². The van der Waals surface area contributed by atoms with Gasteiger partial charge < -0.3 is 19.5 Å². The summed E-state index contributed by atoms with van der Waals surface area (Å²) in [6.07, 6.45) is 0.793. The van der Waals surface area contributed by atoms with Crippen molar-refractivity contribution in [3.8, 4) is 11.3 Å². The van der Waals surface area contributed by atoms with Crippen LogP contribution in [-0.2, 0) is 17.8 Å². The Balaban J connectivity index is 1.30. The molecule has 1 N–H and O–H groups in total. The van der Waals surface area contributed by atoms with Gasteiger partial charge in [0.1, 0.15) is 17.3 Å². The maximum absolute atomic E-state index is 13.9. The van der Waals surface area contributed by atoms with E-state index in [4.69, 9.17) is 4.42 Å². The normalized spacial score (nSPS) is 14.6. The molecule has 1 saturated heterocycles. The zero-order valence-corrected chi connectivity index (χ0v) is 17.8. The number of aryl methyl sites for hydroxylation is 1. The van der Waals surface area contributed by atoms with Crippen molar-refractivity contribution in [2.24, 2.45) is 0 Å². The van der Waals surface area contributed by atoms with E-state index in [-0.39, 0.29) is 11.7 Å². The molecule has 5 nitrogen and oxygen atoms in total. The molecular weight excluding hydrogens is 393 g/mol. The number of rotatable bonds is 7. The molecule has 1 amide bonds. The third-order valence-corrected chi connectivity index (χ3v) is 5.71. The number of halogens is 1. The number of para-hydroxylation sites is 1. The first-order chi connectivity index (χ1) is 15.1. The Morgan fingerprint density at radius 1 is 1.00 bits per heavy atom. The van der Waals surface area contributed by atoms with E-state index in [1.807, 2.05) is 12.1 Å². The van der Waals surface area contributed by atoms with E-state index in [1.165, 1.54) is 11.8 Å². The van der Waals surface area contributed by atoms with E-state index >= 15 is 0 Å². The number of benzene rings is 2. The van der Waals surface area contributed by atoms with Crippen molar-refractivity contribution in [3.05, 3.63) is 77.8 Å². The van der Waals surface area contributed by atoms with Gasteiger partial charge in [0.25, 0.3) is 0 Å². The van der Waals surface area contributed by atoms with Crippen LogP contribution in [0.15, 0.2) is 65.1 Å². The standard InChI is InChI=1S/C25H28FN3O2/c1-28-14-16-29(17-15-28)23-9-5-2-6-19(23)18-27-25(30)13-11-20-10-12-24(31-20)21-7-3-4-8-22(21)26/h2-10,12H,11,13-18H2,1H3,(H,27,30). The van der Waals surface area contributed by atoms with Gasteiger partial charge in [0.2, 0.25) is 5.91 Å². The maximum atomic E-state index is 13.9. The Bertz CT molecular complexity index is 1020. The van der Waals surface area contributed by atoms with Crippen molar-refractivity contribution in [3.63, 3.8) is 0 Å². The molecule has 0 spiro atoms. The summed E-state index contributed by atoms with van der Waals surface area (Å²) in [6.45, 7) is 4.56. The van der Waals surface area contributed by atoms with Crippen molar-refractivity contribution in [2.75, 3.05) is 38.1 Å². The van der Waals surface area contributed by atoms with Gasteiger partial charge in [0.05, 0.1) is 5.56 Å². The number of amides is 1. The number of hydrogen-bond donors (Lipinski definition) is 1. The molecule has 0 aliphatic carbocycles. The van der Waals surface area contributed by atoms with Gasteiger partial charge in [0.15, 0.2) is 0 Å². The number of likely N-dealkylation sites (N-methyl/N-ethyl adjacent to an activating group) is 1. The molecule has 2 heterocycles. The monoisotopic (exact) mass is 421 g/mol. The molecule has 0 unspecified atom stereocenters. The molecule has 0 atom stereocenters. The number of nitrogens with zero attached hydrogens (tertiary/aromatic N) is 2. The summed E-state index contributed by atoms with van der Waals surface area (Å²) in [7, 11) is 2.14. The quantitative estimate of drug-likeness (QED) is 0.624. The minimum absolute atomic E-state index is 0.0305. The lowest BCUT2D eigenvalue weighted by molar-refractivity contribution is -0.121. The fourth-order valence-electron chi connectivity index (χ4n) is 3.85. The fraction of sp³-hybridized carbons (Fsp3) is 0.320. The number of carbonyl (C=O) groups excluding carboxylic acids is 1. The number of anilines is 1. The van der Waals surface area contributed by atoms with Crippen LogP contribution in [0, 0.1) is 5.82 Å². The van der Waals surface area contributed by atoms with E-state index in [1.54, 1.807) is 30.3 Å². The van der Waals surface area contributed by atoms with Crippen LogP contribution in [0.3, 0.4) is 0 Å². The zero-order chi connectivity index (χ0) is 21.6. The maximum Gasteiger partial charge on any atom is 0.220 e. The first-order valence-electron chi connectivity index (χ1n) is 10.7. The van der Waals surface area contributed by atoms with E-state index in [0.717, 1.165) is 31.7 Å². The van der Waals surface area contributed by atoms with E-state index < -0.39 is 0 Å². The minimum atomic E-state index is -0.319. The van der Waals surface area contributed by atoms with Gasteiger partial charge in [-0.2, -0.15) is 0 Å². The topological polar surface area (TPSA) is 48.7 Å². The number of furan rings is 1. The second-order valence-electron chi connectivity index (χ2n) is 7.94. The van der Waals surface area contributed by atoms with Gasteiger partial charge in [0, 0.05) is 51.3 Å². The first kappa shape index (κ1) is 21.1. The lowest BCUT2D eigenvalue weighted by Crippen LogP contribution is -2.45. The molecule has 6 heteroatoms. The average Bonchev–Trinajstić information content (AvgIpc) is 3.26. The average molecular weight is 422 g/mol. The molecule has 3 aromatic rings. The second kappa shape index (κ2) is 9.79. The fourth-order valence-corrected chi connectivity index (χ4v) is 3.85. The number of hydrogen-bond acceptors (Lipinski definition) is 4. The summed E-state index contributed by atoms with van der Waals surface area (Å²) in [5.74, 6) is 0.804. The minimum Gasteiger partial charge on any atom is -0.461 e. The molecule has 1 aliphatic heterocycles. The predicted octanol–water partition coefficient (Wildman–Crippen LogP) is 4.09. The smallest absolute Gasteiger partial charge is 0.220 e. The molecule has 2 aromatic carbocycles. The molecule has 31 heavy (non-hydrogen) atoms. The van der Waals surface area contributed by atoms with Crippen molar-refractivity contribution in [1.82, 2.24) is 10.2 Å². The molecule has 1 fully saturated rings. The SMILES string of the molecule is CN1CCN(c2ccccc2CNC(=O)CCc2ccc(-c3ccccc3F)o2)CC1. The second-order valence-corrected chi connectivity index (χ2v) is 7.94. The zero-order valence-electron chi connectivity index (χ0n) is 17.8. The molecule has 0 radical (unpaired) electrons. The largest absolute Gasteiger partial charge is 0.461 e. The van der Waals surface area contributed by atoms with E-state index in [2.05, 4.69) is 34.3 Å². The van der Waals surface area contributed by atoms with Crippen molar-refractivity contribution >= 4 is 11.6 Å². The van der Waals surface area contributed by atoms with Crippen molar-refractivity contribution in [1.29, 1.82) is 0 Å². The lowest BCUT2D eigenvalue weighted by atomic mass is 10.1. The van der Waals surface area contributed by atoms with Crippen molar-refractivity contribution in [2.45, 2.75) is 19.4 Å². The summed E-state index contributed by atoms with van der Waals surface area (Å²) in [4.78, 5) is 17.1. The Hall–Kier alpha value is -3.12. The van der Waals surface area contributed by atoms with Crippen LogP contribution < -0.4 is 10.2 Å². The molecule has 162 valence electrons. The van der Waals surface area contributed by atoms with Crippen LogP contribution in [0.1, 0.15) is 17.7 Å². The molecule has 1 aliphatic rings. The van der Waals surface area contributed by atoms with E-state index in [0.29, 0.717) is 36.5 Å². The highest BCUT2D eigenvalue weighted by Crippen LogP contribution is 2.25. The van der Waals surface area contributed by atoms with Crippen molar-refractivity contribution < 1.29 is 13.6 Å². The third kappa shape index (κ3) is 5.33. The summed E-state index contributed by atoms with van der Waals surface area (Å²) >= 11 is 0. The predicted molar refractivity (Wildman–Crippen MR) is 120 cm³/mol. The number of nitrogens with one attached hydrogen (secondary N) is 1. The van der Waals surface area contributed by atoms with Crippen LogP contribution in [0.4, 0.5) is 10.1 Å². The van der Waals surface area contributed by atoms with Gasteiger partial charge >= 0.3 is 0 Å². The molecular formula is C25H28FN3O2. The van der Waals surface area contributed by atoms with Crippen LogP contribution in [0.25, 0.3) is 11.3 Å². The molecule has 0 saturated carbocycles. The van der Waals surface area contributed by atoms with Crippen LogP contribution >= 0.6 is 0 Å². The van der Waals surface area contributed by atoms with Gasteiger partial charge in [-0.25, -0.2) is 4.39 Å². The highest BCUT2D eigenvalue weighted by atomic mass is 19.1. The van der Waals surface area contributed by atoms with Gasteiger partial charge in [-0.1, -0.05) is 30.3 Å².